The van der Waals surface area contributed by atoms with E-state index >= 15 is 0 Å². The maximum Gasteiger partial charge on any atom is 0.177 e. The van der Waals surface area contributed by atoms with E-state index in [1.165, 1.54) is 0 Å². The number of fused-ring (bicyclic) bond motifs is 1. The van der Waals surface area contributed by atoms with E-state index in [4.69, 9.17) is 11.6 Å². The molecule has 3 nitrogen and oxygen atoms in total. The molecule has 0 aromatic carbocycles. The molecule has 0 unspecified atom stereocenters. The van der Waals surface area contributed by atoms with Crippen LogP contribution in [0.25, 0.3) is 11.2 Å². The van der Waals surface area contributed by atoms with E-state index in [1.54, 1.807) is 6.20 Å². The smallest absolute Gasteiger partial charge is 0.177 e. The van der Waals surface area contributed by atoms with Gasteiger partial charge in [-0.25, -0.2) is 9.97 Å². The Hall–Kier alpha value is -0.610. The van der Waals surface area contributed by atoms with Gasteiger partial charge in [-0.3, -0.25) is 0 Å². The van der Waals surface area contributed by atoms with Gasteiger partial charge in [-0.1, -0.05) is 0 Å². The molecular weight excluding hydrogens is 253 g/mol. The van der Waals surface area contributed by atoms with Crippen molar-refractivity contribution in [2.75, 3.05) is 5.88 Å². The Morgan fingerprint density at radius 1 is 1.54 bits per heavy atom. The molecule has 0 spiro atoms. The van der Waals surface area contributed by atoms with Crippen molar-refractivity contribution in [1.82, 2.24) is 15.0 Å². The van der Waals surface area contributed by atoms with Gasteiger partial charge in [-0.15, -0.1) is 11.6 Å². The van der Waals surface area contributed by atoms with Crippen molar-refractivity contribution >= 4 is 38.7 Å². The second kappa shape index (κ2) is 3.64. The summed E-state index contributed by atoms with van der Waals surface area (Å²) in [6.45, 7) is 0. The Morgan fingerprint density at radius 3 is 3.15 bits per heavy atom. The van der Waals surface area contributed by atoms with Crippen LogP contribution in [0.5, 0.6) is 0 Å². The van der Waals surface area contributed by atoms with Crippen molar-refractivity contribution in [1.29, 1.82) is 0 Å². The largest absolute Gasteiger partial charge is 0.341 e. The van der Waals surface area contributed by atoms with Gasteiger partial charge >= 0.3 is 0 Å². The van der Waals surface area contributed by atoms with Gasteiger partial charge in [-0.2, -0.15) is 0 Å². The Labute approximate surface area is 88.7 Å². The molecule has 1 N–H and O–H groups in total. The summed E-state index contributed by atoms with van der Waals surface area (Å²) < 4.78 is 0.945. The first kappa shape index (κ1) is 8.97. The third-order valence-electron chi connectivity index (χ3n) is 1.68. The second-order valence-electron chi connectivity index (χ2n) is 2.65. The zero-order valence-corrected chi connectivity index (χ0v) is 9.06. The Kier molecular flexibility index (Phi) is 2.51. The van der Waals surface area contributed by atoms with Crippen molar-refractivity contribution < 1.29 is 0 Å². The van der Waals surface area contributed by atoms with Crippen molar-refractivity contribution in [2.45, 2.75) is 6.42 Å². The molecule has 2 aromatic rings. The first-order chi connectivity index (χ1) is 6.29. The summed E-state index contributed by atoms with van der Waals surface area (Å²) in [6, 6.07) is 1.95. The minimum Gasteiger partial charge on any atom is -0.341 e. The molecule has 2 rings (SSSR count). The number of aryl methyl sites for hydroxylation is 1. The number of H-pyrrole nitrogens is 1. The Morgan fingerprint density at radius 2 is 2.38 bits per heavy atom. The van der Waals surface area contributed by atoms with Crippen molar-refractivity contribution in [3.8, 4) is 0 Å². The van der Waals surface area contributed by atoms with Gasteiger partial charge in [-0.05, 0) is 22.0 Å². The molecule has 0 bridgehead atoms. The van der Waals surface area contributed by atoms with Crippen LogP contribution in [-0.4, -0.2) is 20.8 Å². The third-order valence-corrected chi connectivity index (χ3v) is 2.31. The van der Waals surface area contributed by atoms with Crippen LogP contribution in [-0.2, 0) is 6.42 Å². The highest BCUT2D eigenvalue weighted by molar-refractivity contribution is 9.10. The summed E-state index contributed by atoms with van der Waals surface area (Å²) in [5.41, 5.74) is 1.68. The van der Waals surface area contributed by atoms with Crippen LogP contribution in [0.15, 0.2) is 16.7 Å². The molecule has 0 saturated carbocycles. The lowest BCUT2D eigenvalue weighted by Crippen LogP contribution is -1.87. The Bertz CT molecular complexity index is 426. The monoisotopic (exact) mass is 259 g/mol. The minimum absolute atomic E-state index is 0.570. The van der Waals surface area contributed by atoms with Crippen LogP contribution < -0.4 is 0 Å². The fourth-order valence-corrected chi connectivity index (χ4v) is 1.64. The average molecular weight is 261 g/mol. The van der Waals surface area contributed by atoms with E-state index in [0.29, 0.717) is 5.88 Å². The number of nitrogens with one attached hydrogen (secondary N) is 1. The summed E-state index contributed by atoms with van der Waals surface area (Å²) in [5.74, 6) is 1.46. The van der Waals surface area contributed by atoms with E-state index in [1.807, 2.05) is 6.07 Å². The van der Waals surface area contributed by atoms with Crippen LogP contribution in [0.3, 0.4) is 0 Å². The number of hydrogen-bond acceptors (Lipinski definition) is 2. The molecule has 5 heteroatoms. The van der Waals surface area contributed by atoms with Gasteiger partial charge in [0.15, 0.2) is 5.65 Å². The fourth-order valence-electron chi connectivity index (χ4n) is 1.13. The lowest BCUT2D eigenvalue weighted by molar-refractivity contribution is 1.00. The van der Waals surface area contributed by atoms with E-state index < -0.39 is 0 Å². The minimum atomic E-state index is 0.570. The zero-order chi connectivity index (χ0) is 9.26. The molecule has 0 radical (unpaired) electrons. The maximum absolute atomic E-state index is 5.61. The molecule has 0 fully saturated rings. The highest BCUT2D eigenvalue weighted by Crippen LogP contribution is 2.15. The standard InChI is InChI=1S/C8H7BrClN3/c9-5-3-6-8(11-4-5)13-7(12-6)1-2-10/h3-4H,1-2H2,(H,11,12,13). The molecule has 2 heterocycles. The summed E-state index contributed by atoms with van der Waals surface area (Å²) in [7, 11) is 0. The number of rotatable bonds is 2. The van der Waals surface area contributed by atoms with Gasteiger partial charge in [0.2, 0.25) is 0 Å². The summed E-state index contributed by atoms with van der Waals surface area (Å²) in [4.78, 5) is 11.6. The zero-order valence-electron chi connectivity index (χ0n) is 6.72. The van der Waals surface area contributed by atoms with Gasteiger partial charge in [0.1, 0.15) is 5.82 Å². The number of nitrogens with zero attached hydrogens (tertiary/aromatic N) is 2. The number of aromatic nitrogens is 3. The van der Waals surface area contributed by atoms with Crippen LogP contribution in [0.2, 0.25) is 0 Å². The van der Waals surface area contributed by atoms with E-state index in [9.17, 15) is 0 Å². The predicted octanol–water partition coefficient (Wildman–Crippen LogP) is 2.50. The molecule has 0 aliphatic rings. The van der Waals surface area contributed by atoms with Crippen LogP contribution in [0.4, 0.5) is 0 Å². The molecule has 0 atom stereocenters. The predicted molar refractivity (Wildman–Crippen MR) is 56.0 cm³/mol. The molecule has 0 amide bonds. The number of hydrogen-bond donors (Lipinski definition) is 1. The number of imidazole rings is 1. The van der Waals surface area contributed by atoms with Gasteiger partial charge < -0.3 is 4.98 Å². The van der Waals surface area contributed by atoms with Crippen molar-refractivity contribution in [3.63, 3.8) is 0 Å². The normalized spacial score (nSPS) is 10.9. The van der Waals surface area contributed by atoms with E-state index in [0.717, 1.165) is 27.9 Å². The molecule has 2 aromatic heterocycles. The number of pyridine rings is 1. The van der Waals surface area contributed by atoms with Crippen molar-refractivity contribution in [2.24, 2.45) is 0 Å². The van der Waals surface area contributed by atoms with Crippen LogP contribution >= 0.6 is 27.5 Å². The highest BCUT2D eigenvalue weighted by Gasteiger charge is 2.02. The molecule has 13 heavy (non-hydrogen) atoms. The number of halogens is 2. The molecular formula is C8H7BrClN3. The lowest BCUT2D eigenvalue weighted by Gasteiger charge is -1.87. The number of aromatic amines is 1. The summed E-state index contributed by atoms with van der Waals surface area (Å²) in [6.07, 6.45) is 2.48. The summed E-state index contributed by atoms with van der Waals surface area (Å²) >= 11 is 8.95. The van der Waals surface area contributed by atoms with Gasteiger partial charge in [0.05, 0.1) is 5.52 Å². The van der Waals surface area contributed by atoms with Gasteiger partial charge in [0.25, 0.3) is 0 Å². The molecule has 68 valence electrons. The molecule has 0 aliphatic heterocycles. The fraction of sp³-hybridized carbons (Fsp3) is 0.250. The maximum atomic E-state index is 5.61. The molecule has 0 aliphatic carbocycles. The SMILES string of the molecule is ClCCc1nc2ncc(Br)cc2[nH]1. The average Bonchev–Trinajstić information content (AvgIpc) is 2.46. The van der Waals surface area contributed by atoms with Crippen molar-refractivity contribution in [3.05, 3.63) is 22.6 Å². The van der Waals surface area contributed by atoms with E-state index in [-0.39, 0.29) is 0 Å². The highest BCUT2D eigenvalue weighted by atomic mass is 79.9. The third kappa shape index (κ3) is 1.84. The van der Waals surface area contributed by atoms with E-state index in [2.05, 4.69) is 30.9 Å². The number of alkyl halides is 1. The first-order valence-corrected chi connectivity index (χ1v) is 5.18. The first-order valence-electron chi connectivity index (χ1n) is 3.85. The van der Waals surface area contributed by atoms with Crippen LogP contribution in [0, 0.1) is 0 Å². The topological polar surface area (TPSA) is 41.6 Å². The second-order valence-corrected chi connectivity index (χ2v) is 3.94. The Balaban J connectivity index is 2.49. The summed E-state index contributed by atoms with van der Waals surface area (Å²) in [5, 5.41) is 0. The molecule has 0 saturated heterocycles. The quantitative estimate of drug-likeness (QED) is 0.843. The van der Waals surface area contributed by atoms with Crippen LogP contribution in [0.1, 0.15) is 5.82 Å². The van der Waals surface area contributed by atoms with Gasteiger partial charge in [0, 0.05) is 23.0 Å². The lowest BCUT2D eigenvalue weighted by atomic mass is 10.4.